The molecule has 0 radical (unpaired) electrons. The minimum Gasteiger partial charge on any atom is -0.496 e. The minimum absolute atomic E-state index is 0.0405. The van der Waals surface area contributed by atoms with Crippen LogP contribution in [0.15, 0.2) is 42.5 Å². The van der Waals surface area contributed by atoms with Gasteiger partial charge in [-0.1, -0.05) is 47.5 Å². The van der Waals surface area contributed by atoms with Crippen molar-refractivity contribution in [3.63, 3.8) is 0 Å². The molecule has 0 aliphatic heterocycles. The maximum Gasteiger partial charge on any atom is 0.122 e. The topological polar surface area (TPSA) is 29.5 Å². The van der Waals surface area contributed by atoms with Crippen LogP contribution in [-0.4, -0.2) is 18.8 Å². The third kappa shape index (κ3) is 4.13. The first-order valence-corrected chi connectivity index (χ1v) is 7.57. The summed E-state index contributed by atoms with van der Waals surface area (Å²) in [5, 5.41) is 10.9. The van der Waals surface area contributed by atoms with Crippen LogP contribution in [0.4, 0.5) is 0 Å². The van der Waals surface area contributed by atoms with Crippen LogP contribution in [0, 0.1) is 5.92 Å². The molecule has 1 atom stereocenters. The number of ether oxygens (including phenoxy) is 1. The van der Waals surface area contributed by atoms with Crippen LogP contribution in [0.3, 0.4) is 0 Å². The maximum absolute atomic E-state index is 9.67. The van der Waals surface area contributed by atoms with Crippen molar-refractivity contribution in [2.75, 3.05) is 13.7 Å². The largest absolute Gasteiger partial charge is 0.496 e. The number of aliphatic hydroxyl groups is 1. The number of rotatable bonds is 6. The summed E-state index contributed by atoms with van der Waals surface area (Å²) in [6.07, 6.45) is 1.34. The molecular formula is C17H18Cl2O2. The predicted octanol–water partition coefficient (Wildman–Crippen LogP) is 4.40. The Hall–Kier alpha value is -1.22. The van der Waals surface area contributed by atoms with Gasteiger partial charge in [0.05, 0.1) is 7.11 Å². The summed E-state index contributed by atoms with van der Waals surface area (Å²) in [6.45, 7) is 0.0690. The molecule has 0 aliphatic carbocycles. The average Bonchev–Trinajstić information content (AvgIpc) is 2.50. The Morgan fingerprint density at radius 3 is 2.29 bits per heavy atom. The van der Waals surface area contributed by atoms with Crippen molar-refractivity contribution in [3.05, 3.63) is 63.6 Å². The standard InChI is InChI=1S/C17H18Cl2O2/c1-21-17-8-3-2-5-13(17)9-12(11-20)10-14-15(18)6-4-7-16(14)19/h2-8,12,20H,9-11H2,1H3. The molecule has 1 N–H and O–H groups in total. The van der Waals surface area contributed by atoms with E-state index in [2.05, 4.69) is 0 Å². The summed E-state index contributed by atoms with van der Waals surface area (Å²) >= 11 is 12.4. The van der Waals surface area contributed by atoms with Gasteiger partial charge in [-0.2, -0.15) is 0 Å². The highest BCUT2D eigenvalue weighted by Crippen LogP contribution is 2.29. The summed E-state index contributed by atoms with van der Waals surface area (Å²) < 4.78 is 5.35. The fraction of sp³-hybridized carbons (Fsp3) is 0.294. The number of halogens is 2. The smallest absolute Gasteiger partial charge is 0.122 e. The first-order valence-electron chi connectivity index (χ1n) is 6.81. The summed E-state index contributed by atoms with van der Waals surface area (Å²) in [7, 11) is 1.65. The van der Waals surface area contributed by atoms with E-state index >= 15 is 0 Å². The molecule has 4 heteroatoms. The number of hydrogen-bond donors (Lipinski definition) is 1. The zero-order valence-corrected chi connectivity index (χ0v) is 13.4. The van der Waals surface area contributed by atoms with E-state index in [0.717, 1.165) is 16.9 Å². The third-order valence-electron chi connectivity index (χ3n) is 3.51. The number of hydrogen-bond acceptors (Lipinski definition) is 2. The fourth-order valence-corrected chi connectivity index (χ4v) is 2.95. The van der Waals surface area contributed by atoms with Crippen molar-refractivity contribution in [1.29, 1.82) is 0 Å². The van der Waals surface area contributed by atoms with Crippen LogP contribution >= 0.6 is 23.2 Å². The van der Waals surface area contributed by atoms with E-state index in [1.807, 2.05) is 42.5 Å². The number of benzene rings is 2. The lowest BCUT2D eigenvalue weighted by molar-refractivity contribution is 0.224. The fourth-order valence-electron chi connectivity index (χ4n) is 2.40. The van der Waals surface area contributed by atoms with Gasteiger partial charge in [-0.15, -0.1) is 0 Å². The Balaban J connectivity index is 2.17. The van der Waals surface area contributed by atoms with E-state index in [9.17, 15) is 5.11 Å². The van der Waals surface area contributed by atoms with Gasteiger partial charge in [0.25, 0.3) is 0 Å². The Morgan fingerprint density at radius 2 is 1.67 bits per heavy atom. The van der Waals surface area contributed by atoms with Crippen LogP contribution in [0.25, 0.3) is 0 Å². The molecule has 0 saturated carbocycles. The van der Waals surface area contributed by atoms with Crippen LogP contribution in [0.5, 0.6) is 5.75 Å². The third-order valence-corrected chi connectivity index (χ3v) is 4.22. The van der Waals surface area contributed by atoms with Crippen molar-refractivity contribution in [1.82, 2.24) is 0 Å². The molecule has 112 valence electrons. The molecular weight excluding hydrogens is 307 g/mol. The molecule has 0 aromatic heterocycles. The van der Waals surface area contributed by atoms with E-state index < -0.39 is 0 Å². The maximum atomic E-state index is 9.67. The normalized spacial score (nSPS) is 12.2. The van der Waals surface area contributed by atoms with E-state index in [-0.39, 0.29) is 12.5 Å². The summed E-state index contributed by atoms with van der Waals surface area (Å²) in [6, 6.07) is 13.3. The van der Waals surface area contributed by atoms with Gasteiger partial charge in [-0.3, -0.25) is 0 Å². The average molecular weight is 325 g/mol. The number of aliphatic hydroxyl groups excluding tert-OH is 1. The van der Waals surface area contributed by atoms with Crippen molar-refractivity contribution in [2.45, 2.75) is 12.8 Å². The van der Waals surface area contributed by atoms with Crippen LogP contribution in [-0.2, 0) is 12.8 Å². The van der Waals surface area contributed by atoms with Crippen LogP contribution < -0.4 is 4.74 Å². The molecule has 2 nitrogen and oxygen atoms in total. The molecule has 0 aliphatic rings. The molecule has 2 aromatic rings. The van der Waals surface area contributed by atoms with Crippen LogP contribution in [0.1, 0.15) is 11.1 Å². The summed E-state index contributed by atoms with van der Waals surface area (Å²) in [4.78, 5) is 0. The van der Waals surface area contributed by atoms with Crippen molar-refractivity contribution in [2.24, 2.45) is 5.92 Å². The Morgan fingerprint density at radius 1 is 1.00 bits per heavy atom. The number of methoxy groups -OCH3 is 1. The molecule has 0 bridgehead atoms. The Kier molecular flexibility index (Phi) is 5.92. The van der Waals surface area contributed by atoms with Gasteiger partial charge in [0, 0.05) is 16.7 Å². The summed E-state index contributed by atoms with van der Waals surface area (Å²) in [5.74, 6) is 0.875. The minimum atomic E-state index is 0.0405. The first-order chi connectivity index (χ1) is 10.2. The molecule has 2 aromatic carbocycles. The molecule has 1 unspecified atom stereocenters. The lowest BCUT2D eigenvalue weighted by atomic mass is 9.92. The van der Waals surface area contributed by atoms with Crippen molar-refractivity contribution < 1.29 is 9.84 Å². The first kappa shape index (κ1) is 16.2. The van der Waals surface area contributed by atoms with Gasteiger partial charge in [0.15, 0.2) is 0 Å². The molecule has 0 saturated heterocycles. The van der Waals surface area contributed by atoms with Crippen LogP contribution in [0.2, 0.25) is 10.0 Å². The van der Waals surface area contributed by atoms with Gasteiger partial charge < -0.3 is 9.84 Å². The van der Waals surface area contributed by atoms with Gasteiger partial charge >= 0.3 is 0 Å². The SMILES string of the molecule is COc1ccccc1CC(CO)Cc1c(Cl)cccc1Cl. The molecule has 2 rings (SSSR count). The highest BCUT2D eigenvalue weighted by Gasteiger charge is 2.16. The predicted molar refractivity (Wildman–Crippen MR) is 87.4 cm³/mol. The number of para-hydroxylation sites is 1. The van der Waals surface area contributed by atoms with Gasteiger partial charge in [-0.25, -0.2) is 0 Å². The van der Waals surface area contributed by atoms with E-state index in [1.165, 1.54) is 0 Å². The van der Waals surface area contributed by atoms with Crippen molar-refractivity contribution >= 4 is 23.2 Å². The highest BCUT2D eigenvalue weighted by atomic mass is 35.5. The molecule has 0 heterocycles. The van der Waals surface area contributed by atoms with E-state index in [4.69, 9.17) is 27.9 Å². The van der Waals surface area contributed by atoms with Gasteiger partial charge in [0.2, 0.25) is 0 Å². The second-order valence-electron chi connectivity index (χ2n) is 4.97. The van der Waals surface area contributed by atoms with E-state index in [0.29, 0.717) is 22.9 Å². The quantitative estimate of drug-likeness (QED) is 0.853. The monoisotopic (exact) mass is 324 g/mol. The van der Waals surface area contributed by atoms with E-state index in [1.54, 1.807) is 7.11 Å². The zero-order valence-electron chi connectivity index (χ0n) is 11.9. The molecule has 0 fully saturated rings. The second kappa shape index (κ2) is 7.69. The molecule has 21 heavy (non-hydrogen) atoms. The molecule has 0 spiro atoms. The second-order valence-corrected chi connectivity index (χ2v) is 5.78. The van der Waals surface area contributed by atoms with Gasteiger partial charge in [-0.05, 0) is 48.1 Å². The molecule has 0 amide bonds. The summed E-state index contributed by atoms with van der Waals surface area (Å²) in [5.41, 5.74) is 1.96. The zero-order chi connectivity index (χ0) is 15.2. The Labute approximate surface area is 135 Å². The lowest BCUT2D eigenvalue weighted by Gasteiger charge is -2.17. The van der Waals surface area contributed by atoms with Gasteiger partial charge in [0.1, 0.15) is 5.75 Å². The Bertz CT molecular complexity index is 579. The highest BCUT2D eigenvalue weighted by molar-refractivity contribution is 6.35. The van der Waals surface area contributed by atoms with Crippen molar-refractivity contribution in [3.8, 4) is 5.75 Å². The lowest BCUT2D eigenvalue weighted by Crippen LogP contribution is -2.14.